The second-order valence-corrected chi connectivity index (χ2v) is 5.41. The number of pyridine rings is 1. The van der Waals surface area contributed by atoms with Gasteiger partial charge in [0.1, 0.15) is 5.60 Å². The van der Waals surface area contributed by atoms with Gasteiger partial charge < -0.3 is 10.1 Å². The fraction of sp³-hybridized carbons (Fsp3) is 0.571. The van der Waals surface area contributed by atoms with E-state index in [0.29, 0.717) is 0 Å². The highest BCUT2D eigenvalue weighted by molar-refractivity contribution is 5.67. The van der Waals surface area contributed by atoms with Gasteiger partial charge in [-0.3, -0.25) is 4.98 Å². The van der Waals surface area contributed by atoms with E-state index in [-0.39, 0.29) is 12.1 Å². The van der Waals surface area contributed by atoms with Gasteiger partial charge in [0, 0.05) is 17.9 Å². The van der Waals surface area contributed by atoms with Gasteiger partial charge in [-0.15, -0.1) is 0 Å². The molecule has 0 spiro atoms. The quantitative estimate of drug-likeness (QED) is 0.893. The molecule has 4 heteroatoms. The molecule has 18 heavy (non-hydrogen) atoms. The van der Waals surface area contributed by atoms with Gasteiger partial charge in [-0.2, -0.15) is 0 Å². The molecule has 0 aromatic carbocycles. The van der Waals surface area contributed by atoms with Gasteiger partial charge >= 0.3 is 6.09 Å². The molecular weight excluding hydrogens is 228 g/mol. The molecule has 1 N–H and O–H groups in total. The molecule has 0 unspecified atom stereocenters. The van der Waals surface area contributed by atoms with Crippen LogP contribution < -0.4 is 5.32 Å². The van der Waals surface area contributed by atoms with E-state index in [1.807, 2.05) is 45.9 Å². The van der Waals surface area contributed by atoms with E-state index in [2.05, 4.69) is 10.3 Å². The lowest BCUT2D eigenvalue weighted by atomic mass is 10.1. The Morgan fingerprint density at radius 3 is 2.72 bits per heavy atom. The summed E-state index contributed by atoms with van der Waals surface area (Å²) in [5.41, 5.74) is 0.584. The van der Waals surface area contributed by atoms with Crippen LogP contribution in [0.5, 0.6) is 0 Å². The first-order valence-corrected chi connectivity index (χ1v) is 6.26. The van der Waals surface area contributed by atoms with Crippen molar-refractivity contribution in [1.82, 2.24) is 10.3 Å². The maximum Gasteiger partial charge on any atom is 0.407 e. The van der Waals surface area contributed by atoms with E-state index in [9.17, 15) is 4.79 Å². The number of hydrogen-bond acceptors (Lipinski definition) is 3. The van der Waals surface area contributed by atoms with Crippen LogP contribution in [0.4, 0.5) is 4.79 Å². The highest BCUT2D eigenvalue weighted by Gasteiger charge is 2.17. The first kappa shape index (κ1) is 14.5. The van der Waals surface area contributed by atoms with Gasteiger partial charge in [0.25, 0.3) is 0 Å². The molecule has 0 radical (unpaired) electrons. The maximum atomic E-state index is 11.5. The zero-order chi connectivity index (χ0) is 13.6. The molecule has 1 aromatic rings. The average molecular weight is 250 g/mol. The molecule has 0 aliphatic heterocycles. The van der Waals surface area contributed by atoms with E-state index in [0.717, 1.165) is 18.5 Å². The van der Waals surface area contributed by atoms with E-state index < -0.39 is 5.60 Å². The molecule has 4 nitrogen and oxygen atoms in total. The van der Waals surface area contributed by atoms with Crippen LogP contribution >= 0.6 is 0 Å². The van der Waals surface area contributed by atoms with Gasteiger partial charge in [0.15, 0.2) is 0 Å². The molecule has 0 fully saturated rings. The van der Waals surface area contributed by atoms with E-state index in [1.54, 1.807) is 6.20 Å². The molecule has 1 heterocycles. The third-order valence-electron chi connectivity index (χ3n) is 2.32. The summed E-state index contributed by atoms with van der Waals surface area (Å²) in [5.74, 6) is 0. The molecule has 0 saturated heterocycles. The lowest BCUT2D eigenvalue weighted by Gasteiger charge is -2.21. The van der Waals surface area contributed by atoms with Crippen LogP contribution in [-0.2, 0) is 11.2 Å². The molecular formula is C14H22N2O2. The van der Waals surface area contributed by atoms with Crippen molar-refractivity contribution in [3.8, 4) is 0 Å². The predicted molar refractivity (Wildman–Crippen MR) is 71.4 cm³/mol. The van der Waals surface area contributed by atoms with Crippen molar-refractivity contribution in [1.29, 1.82) is 0 Å². The van der Waals surface area contributed by atoms with Crippen LogP contribution in [0.3, 0.4) is 0 Å². The highest BCUT2D eigenvalue weighted by Crippen LogP contribution is 2.07. The number of alkyl carbamates (subject to hydrolysis) is 1. The summed E-state index contributed by atoms with van der Waals surface area (Å²) in [6.07, 6.45) is 3.10. The Bertz CT molecular complexity index is 371. The van der Waals surface area contributed by atoms with Crippen LogP contribution in [0.2, 0.25) is 0 Å². The first-order chi connectivity index (χ1) is 8.37. The summed E-state index contributed by atoms with van der Waals surface area (Å²) in [7, 11) is 0. The van der Waals surface area contributed by atoms with E-state index in [4.69, 9.17) is 4.74 Å². The minimum absolute atomic E-state index is 0.0712. The highest BCUT2D eigenvalue weighted by atomic mass is 16.6. The Kier molecular flexibility index (Phi) is 5.13. The Balaban J connectivity index is 2.29. The van der Waals surface area contributed by atoms with E-state index >= 15 is 0 Å². The zero-order valence-corrected chi connectivity index (χ0v) is 11.6. The molecule has 0 bridgehead atoms. The second-order valence-electron chi connectivity index (χ2n) is 5.41. The minimum atomic E-state index is -0.454. The van der Waals surface area contributed by atoms with Gasteiger partial charge in [0.05, 0.1) is 0 Å². The summed E-state index contributed by atoms with van der Waals surface area (Å²) in [6, 6.07) is 5.92. The number of ether oxygens (including phenoxy) is 1. The smallest absolute Gasteiger partial charge is 0.407 e. The number of rotatable bonds is 4. The topological polar surface area (TPSA) is 51.2 Å². The van der Waals surface area contributed by atoms with Crippen molar-refractivity contribution in [3.63, 3.8) is 0 Å². The van der Waals surface area contributed by atoms with Crippen LogP contribution in [0, 0.1) is 0 Å². The number of nitrogens with one attached hydrogen (secondary N) is 1. The predicted octanol–water partition coefficient (Wildman–Crippen LogP) is 2.93. The van der Waals surface area contributed by atoms with Crippen molar-refractivity contribution in [2.24, 2.45) is 0 Å². The van der Waals surface area contributed by atoms with Crippen LogP contribution in [0.1, 0.15) is 39.8 Å². The lowest BCUT2D eigenvalue weighted by molar-refractivity contribution is 0.0506. The summed E-state index contributed by atoms with van der Waals surface area (Å²) in [5, 5.41) is 2.82. The van der Waals surface area contributed by atoms with Crippen LogP contribution in [0.25, 0.3) is 0 Å². The Hall–Kier alpha value is -1.58. The number of amides is 1. The molecule has 100 valence electrons. The number of aryl methyl sites for hydroxylation is 1. The normalized spacial score (nSPS) is 12.9. The Morgan fingerprint density at radius 2 is 2.17 bits per heavy atom. The standard InChI is InChI=1S/C14H22N2O2/c1-11(16-13(17)18-14(2,3)4)8-9-12-7-5-6-10-15-12/h5-7,10-11H,8-9H2,1-4H3,(H,16,17)/t11-/m0/s1. The van der Waals surface area contributed by atoms with Gasteiger partial charge in [-0.25, -0.2) is 4.79 Å². The minimum Gasteiger partial charge on any atom is -0.444 e. The summed E-state index contributed by atoms with van der Waals surface area (Å²) < 4.78 is 5.19. The molecule has 0 aliphatic rings. The average Bonchev–Trinajstić information content (AvgIpc) is 2.25. The fourth-order valence-electron chi connectivity index (χ4n) is 1.49. The third kappa shape index (κ3) is 6.23. The zero-order valence-electron chi connectivity index (χ0n) is 11.6. The number of carbonyl (C=O) groups excluding carboxylic acids is 1. The Morgan fingerprint density at radius 1 is 1.44 bits per heavy atom. The number of carbonyl (C=O) groups is 1. The number of nitrogens with zero attached hydrogens (tertiary/aromatic N) is 1. The van der Waals surface area contributed by atoms with Gasteiger partial charge in [-0.1, -0.05) is 6.07 Å². The van der Waals surface area contributed by atoms with Crippen LogP contribution in [0.15, 0.2) is 24.4 Å². The van der Waals surface area contributed by atoms with Crippen molar-refractivity contribution in [2.75, 3.05) is 0 Å². The van der Waals surface area contributed by atoms with Crippen molar-refractivity contribution in [2.45, 2.75) is 52.2 Å². The molecule has 0 saturated carbocycles. The summed E-state index contributed by atoms with van der Waals surface area (Å²) >= 11 is 0. The van der Waals surface area contributed by atoms with E-state index in [1.165, 1.54) is 0 Å². The second kappa shape index (κ2) is 6.38. The number of aromatic nitrogens is 1. The molecule has 1 aromatic heterocycles. The van der Waals surface area contributed by atoms with Crippen LogP contribution in [-0.4, -0.2) is 22.7 Å². The van der Waals surface area contributed by atoms with Crippen molar-refractivity contribution >= 4 is 6.09 Å². The molecule has 1 rings (SSSR count). The lowest BCUT2D eigenvalue weighted by Crippen LogP contribution is -2.37. The SMILES string of the molecule is C[C@@H](CCc1ccccn1)NC(=O)OC(C)(C)C. The monoisotopic (exact) mass is 250 g/mol. The van der Waals surface area contributed by atoms with Crippen molar-refractivity contribution < 1.29 is 9.53 Å². The summed E-state index contributed by atoms with van der Waals surface area (Å²) in [6.45, 7) is 7.52. The largest absolute Gasteiger partial charge is 0.444 e. The van der Waals surface area contributed by atoms with Gasteiger partial charge in [-0.05, 0) is 52.7 Å². The first-order valence-electron chi connectivity index (χ1n) is 6.26. The Labute approximate surface area is 109 Å². The molecule has 1 amide bonds. The van der Waals surface area contributed by atoms with Crippen molar-refractivity contribution in [3.05, 3.63) is 30.1 Å². The summed E-state index contributed by atoms with van der Waals surface area (Å²) in [4.78, 5) is 15.8. The number of hydrogen-bond donors (Lipinski definition) is 1. The third-order valence-corrected chi connectivity index (χ3v) is 2.32. The maximum absolute atomic E-state index is 11.5. The fourth-order valence-corrected chi connectivity index (χ4v) is 1.49. The van der Waals surface area contributed by atoms with Gasteiger partial charge in [0.2, 0.25) is 0 Å². The molecule has 0 aliphatic carbocycles. The molecule has 1 atom stereocenters.